The maximum Gasteiger partial charge on any atom is 0.172 e. The number of aromatic nitrogens is 3. The lowest BCUT2D eigenvalue weighted by atomic mass is 10.3. The lowest BCUT2D eigenvalue weighted by Crippen LogP contribution is -1.80. The van der Waals surface area contributed by atoms with Crippen molar-refractivity contribution in [3.63, 3.8) is 0 Å². The number of aromatic amines is 1. The number of benzene rings is 1. The molecule has 0 fully saturated rings. The number of halogens is 1. The maximum atomic E-state index is 5.78. The summed E-state index contributed by atoms with van der Waals surface area (Å²) in [6.07, 6.45) is 1.63. The van der Waals surface area contributed by atoms with Crippen LogP contribution in [0.15, 0.2) is 52.8 Å². The molecule has 5 heteroatoms. The van der Waals surface area contributed by atoms with Gasteiger partial charge in [0, 0.05) is 6.20 Å². The van der Waals surface area contributed by atoms with Crippen LogP contribution in [0.5, 0.6) is 0 Å². The zero-order valence-corrected chi connectivity index (χ0v) is 10.3. The number of nitrogens with one attached hydrogen (secondary N) is 1. The summed E-state index contributed by atoms with van der Waals surface area (Å²) in [5.41, 5.74) is 1.99. The Morgan fingerprint density at radius 1 is 1.12 bits per heavy atom. The number of para-hydroxylation sites is 2. The summed E-state index contributed by atoms with van der Waals surface area (Å²) in [7, 11) is 0. The van der Waals surface area contributed by atoms with E-state index in [1.54, 1.807) is 6.20 Å². The van der Waals surface area contributed by atoms with Crippen LogP contribution >= 0.6 is 23.4 Å². The number of hydrogen-bond donors (Lipinski definition) is 1. The predicted octanol–water partition coefficient (Wildman–Crippen LogP) is 3.76. The molecule has 1 N–H and O–H groups in total. The maximum absolute atomic E-state index is 5.78. The van der Waals surface area contributed by atoms with Gasteiger partial charge >= 0.3 is 0 Å². The second kappa shape index (κ2) is 4.39. The van der Waals surface area contributed by atoms with Crippen LogP contribution in [0.1, 0.15) is 0 Å². The third kappa shape index (κ3) is 2.28. The van der Waals surface area contributed by atoms with E-state index in [4.69, 9.17) is 11.6 Å². The van der Waals surface area contributed by atoms with Crippen molar-refractivity contribution in [1.29, 1.82) is 0 Å². The van der Waals surface area contributed by atoms with Gasteiger partial charge in [-0.1, -0.05) is 23.7 Å². The standard InChI is InChI=1S/C12H8ClN3S/c13-8-5-6-11(14-7-8)17-12-15-9-3-1-2-4-10(9)16-12/h1-7H,(H,15,16). The van der Waals surface area contributed by atoms with Crippen LogP contribution in [0.25, 0.3) is 11.0 Å². The minimum Gasteiger partial charge on any atom is -0.333 e. The van der Waals surface area contributed by atoms with Gasteiger partial charge in [0.05, 0.1) is 16.1 Å². The quantitative estimate of drug-likeness (QED) is 0.764. The fourth-order valence-corrected chi connectivity index (χ4v) is 2.36. The largest absolute Gasteiger partial charge is 0.333 e. The number of rotatable bonds is 2. The molecule has 0 aliphatic carbocycles. The van der Waals surface area contributed by atoms with Crippen LogP contribution in [0.2, 0.25) is 5.02 Å². The Balaban J connectivity index is 1.92. The van der Waals surface area contributed by atoms with Gasteiger partial charge < -0.3 is 4.98 Å². The number of nitrogens with zero attached hydrogens (tertiary/aromatic N) is 2. The fourth-order valence-electron chi connectivity index (χ4n) is 1.50. The lowest BCUT2D eigenvalue weighted by Gasteiger charge is -1.95. The lowest BCUT2D eigenvalue weighted by molar-refractivity contribution is 1.06. The van der Waals surface area contributed by atoms with E-state index in [-0.39, 0.29) is 0 Å². The first-order valence-corrected chi connectivity index (χ1v) is 6.25. The number of hydrogen-bond acceptors (Lipinski definition) is 3. The summed E-state index contributed by atoms with van der Waals surface area (Å²) in [6, 6.07) is 11.6. The van der Waals surface area contributed by atoms with Gasteiger partial charge in [0.2, 0.25) is 0 Å². The number of H-pyrrole nitrogens is 1. The Morgan fingerprint density at radius 3 is 2.76 bits per heavy atom. The molecular weight excluding hydrogens is 254 g/mol. The minimum absolute atomic E-state index is 0.638. The zero-order chi connectivity index (χ0) is 11.7. The van der Waals surface area contributed by atoms with Gasteiger partial charge in [0.1, 0.15) is 5.03 Å². The second-order valence-corrected chi connectivity index (χ2v) is 4.92. The Kier molecular flexibility index (Phi) is 2.74. The third-order valence-electron chi connectivity index (χ3n) is 2.27. The van der Waals surface area contributed by atoms with Crippen LogP contribution < -0.4 is 0 Å². The van der Waals surface area contributed by atoms with Crippen molar-refractivity contribution < 1.29 is 0 Å². The Morgan fingerprint density at radius 2 is 2.00 bits per heavy atom. The second-order valence-electron chi connectivity index (χ2n) is 3.48. The van der Waals surface area contributed by atoms with E-state index < -0.39 is 0 Å². The molecular formula is C12H8ClN3S. The highest BCUT2D eigenvalue weighted by Crippen LogP contribution is 2.25. The van der Waals surface area contributed by atoms with Gasteiger partial charge in [-0.05, 0) is 36.0 Å². The summed E-state index contributed by atoms with van der Waals surface area (Å²) in [4.78, 5) is 11.9. The van der Waals surface area contributed by atoms with Crippen molar-refractivity contribution >= 4 is 34.4 Å². The van der Waals surface area contributed by atoms with E-state index in [1.165, 1.54) is 11.8 Å². The fraction of sp³-hybridized carbons (Fsp3) is 0. The molecule has 0 aliphatic heterocycles. The number of fused-ring (bicyclic) bond motifs is 1. The Labute approximate surface area is 107 Å². The molecule has 0 saturated carbocycles. The van der Waals surface area contributed by atoms with Gasteiger partial charge in [0.25, 0.3) is 0 Å². The predicted molar refractivity (Wildman–Crippen MR) is 69.5 cm³/mol. The van der Waals surface area contributed by atoms with Crippen LogP contribution in [0.3, 0.4) is 0 Å². The van der Waals surface area contributed by atoms with Crippen LogP contribution in [-0.2, 0) is 0 Å². The topological polar surface area (TPSA) is 41.6 Å². The normalized spacial score (nSPS) is 10.9. The van der Waals surface area contributed by atoms with Crippen LogP contribution in [0.4, 0.5) is 0 Å². The van der Waals surface area contributed by atoms with Gasteiger partial charge in [-0.3, -0.25) is 0 Å². The van der Waals surface area contributed by atoms with Crippen molar-refractivity contribution in [1.82, 2.24) is 15.0 Å². The monoisotopic (exact) mass is 261 g/mol. The first kappa shape index (κ1) is 10.6. The van der Waals surface area contributed by atoms with Crippen molar-refractivity contribution in [2.24, 2.45) is 0 Å². The molecule has 84 valence electrons. The number of imidazole rings is 1. The number of pyridine rings is 1. The van der Waals surface area contributed by atoms with Crippen LogP contribution in [0, 0.1) is 0 Å². The molecule has 0 amide bonds. The van der Waals surface area contributed by atoms with Crippen molar-refractivity contribution in [3.8, 4) is 0 Å². The average molecular weight is 262 g/mol. The van der Waals surface area contributed by atoms with Crippen molar-refractivity contribution in [3.05, 3.63) is 47.6 Å². The summed E-state index contributed by atoms with van der Waals surface area (Å²) in [5.74, 6) is 0. The van der Waals surface area contributed by atoms with E-state index in [0.717, 1.165) is 21.2 Å². The summed E-state index contributed by atoms with van der Waals surface area (Å²) in [6.45, 7) is 0. The minimum atomic E-state index is 0.638. The molecule has 3 rings (SSSR count). The molecule has 2 aromatic heterocycles. The summed E-state index contributed by atoms with van der Waals surface area (Å²) >= 11 is 7.27. The molecule has 3 aromatic rings. The van der Waals surface area contributed by atoms with Gasteiger partial charge in [0.15, 0.2) is 5.16 Å². The van der Waals surface area contributed by atoms with E-state index >= 15 is 0 Å². The molecule has 0 unspecified atom stereocenters. The molecule has 0 spiro atoms. The van der Waals surface area contributed by atoms with E-state index in [0.29, 0.717) is 5.02 Å². The summed E-state index contributed by atoms with van der Waals surface area (Å²) < 4.78 is 0. The molecule has 0 atom stereocenters. The highest BCUT2D eigenvalue weighted by Gasteiger charge is 2.04. The third-order valence-corrected chi connectivity index (χ3v) is 3.33. The van der Waals surface area contributed by atoms with E-state index in [9.17, 15) is 0 Å². The van der Waals surface area contributed by atoms with Gasteiger partial charge in [-0.2, -0.15) is 0 Å². The highest BCUT2D eigenvalue weighted by molar-refractivity contribution is 7.99. The molecule has 0 radical (unpaired) electrons. The SMILES string of the molecule is Clc1ccc(Sc2nc3ccccc3[nH]2)nc1. The molecule has 0 saturated heterocycles. The van der Waals surface area contributed by atoms with Gasteiger partial charge in [-0.15, -0.1) is 0 Å². The average Bonchev–Trinajstić information content (AvgIpc) is 2.74. The molecule has 1 aromatic carbocycles. The molecule has 3 nitrogen and oxygen atoms in total. The van der Waals surface area contributed by atoms with Gasteiger partial charge in [-0.25, -0.2) is 9.97 Å². The molecule has 2 heterocycles. The summed E-state index contributed by atoms with van der Waals surface area (Å²) in [5, 5.41) is 2.34. The van der Waals surface area contributed by atoms with Crippen molar-refractivity contribution in [2.75, 3.05) is 0 Å². The smallest absolute Gasteiger partial charge is 0.172 e. The Hall–Kier alpha value is -1.52. The molecule has 0 aliphatic rings. The molecule has 0 bridgehead atoms. The van der Waals surface area contributed by atoms with E-state index in [1.807, 2.05) is 36.4 Å². The zero-order valence-electron chi connectivity index (χ0n) is 8.72. The van der Waals surface area contributed by atoms with Crippen molar-refractivity contribution in [2.45, 2.75) is 10.2 Å². The first-order chi connectivity index (χ1) is 8.31. The van der Waals surface area contributed by atoms with E-state index in [2.05, 4.69) is 15.0 Å². The Bertz CT molecular complexity index is 615. The first-order valence-electron chi connectivity index (χ1n) is 5.05. The van der Waals surface area contributed by atoms with Crippen LogP contribution in [-0.4, -0.2) is 15.0 Å². The molecule has 17 heavy (non-hydrogen) atoms. The highest BCUT2D eigenvalue weighted by atomic mass is 35.5.